The molecule has 0 aromatic heterocycles. The van der Waals surface area contributed by atoms with Gasteiger partial charge in [-0.25, -0.2) is 0 Å². The third kappa shape index (κ3) is 14.7. The molecule has 266 valence electrons. The maximum Gasteiger partial charge on any atom is 0.261 e. The van der Waals surface area contributed by atoms with E-state index in [2.05, 4.69) is 113 Å². The lowest BCUT2D eigenvalue weighted by atomic mass is 10.0. The van der Waals surface area contributed by atoms with E-state index in [4.69, 9.17) is 13.9 Å². The van der Waals surface area contributed by atoms with Crippen molar-refractivity contribution in [3.8, 4) is 0 Å². The van der Waals surface area contributed by atoms with Gasteiger partial charge in [-0.3, -0.25) is 0 Å². The summed E-state index contributed by atoms with van der Waals surface area (Å²) < 4.78 is 20.0. The van der Waals surface area contributed by atoms with Crippen LogP contribution in [0.3, 0.4) is 0 Å². The summed E-state index contributed by atoms with van der Waals surface area (Å²) >= 11 is 0. The van der Waals surface area contributed by atoms with E-state index in [1.165, 1.54) is 112 Å². The van der Waals surface area contributed by atoms with E-state index in [1.54, 1.807) is 0 Å². The molecule has 0 heterocycles. The number of hydrogen-bond donors (Lipinski definition) is 0. The van der Waals surface area contributed by atoms with Crippen molar-refractivity contribution < 1.29 is 13.9 Å². The average Bonchev–Trinajstić information content (AvgIpc) is 3.10. The van der Waals surface area contributed by atoms with Gasteiger partial charge in [0.05, 0.1) is 19.8 Å². The molecular weight excluding hydrogens is 605 g/mol. The number of hydrogen-bond acceptors (Lipinski definition) is 3. The Morgan fingerprint density at radius 3 is 1.38 bits per heavy atom. The molecule has 0 saturated carbocycles. The molecular formula is C44H68O3Si. The Hall–Kier alpha value is -2.24. The Morgan fingerprint density at radius 1 is 0.521 bits per heavy atom. The van der Waals surface area contributed by atoms with E-state index in [0.717, 1.165) is 13.0 Å². The molecule has 3 nitrogen and oxygen atoms in total. The molecule has 0 saturated heterocycles. The Kier molecular flexibility index (Phi) is 20.1. The molecule has 0 spiro atoms. The second-order valence-electron chi connectivity index (χ2n) is 14.8. The molecule has 3 aromatic carbocycles. The second-order valence-corrected chi connectivity index (χ2v) is 19.1. The van der Waals surface area contributed by atoms with Gasteiger partial charge < -0.3 is 13.9 Å². The van der Waals surface area contributed by atoms with E-state index in [1.807, 2.05) is 6.07 Å². The van der Waals surface area contributed by atoms with Crippen LogP contribution in [0.2, 0.25) is 5.04 Å². The van der Waals surface area contributed by atoms with E-state index >= 15 is 0 Å². The van der Waals surface area contributed by atoms with Crippen LogP contribution >= 0.6 is 0 Å². The third-order valence-corrected chi connectivity index (χ3v) is 14.7. The molecule has 0 aliphatic heterocycles. The highest BCUT2D eigenvalue weighted by Crippen LogP contribution is 2.37. The summed E-state index contributed by atoms with van der Waals surface area (Å²) in [7, 11) is -2.64. The minimum absolute atomic E-state index is 0.0704. The molecule has 3 aromatic rings. The summed E-state index contributed by atoms with van der Waals surface area (Å²) in [4.78, 5) is 0. The number of ether oxygens (including phenoxy) is 2. The summed E-state index contributed by atoms with van der Waals surface area (Å²) in [6.07, 6.45) is 21.8. The highest BCUT2D eigenvalue weighted by molar-refractivity contribution is 6.99. The zero-order chi connectivity index (χ0) is 34.2. The highest BCUT2D eigenvalue weighted by atomic mass is 28.4. The first-order valence-corrected chi connectivity index (χ1v) is 21.4. The maximum atomic E-state index is 7.25. The summed E-state index contributed by atoms with van der Waals surface area (Å²) in [6, 6.07) is 32.2. The van der Waals surface area contributed by atoms with Crippen LogP contribution in [0.15, 0.2) is 91.0 Å². The minimum Gasteiger partial charge on any atom is -0.405 e. The summed E-state index contributed by atoms with van der Waals surface area (Å²) in [5, 5.41) is 2.52. The fraction of sp³-hybridized carbons (Fsp3) is 0.591. The van der Waals surface area contributed by atoms with Gasteiger partial charge in [0.25, 0.3) is 8.32 Å². The maximum absolute atomic E-state index is 7.25. The SMILES string of the molecule is CCCCCCCCCCCCCCCCCCO[C@H](COCc1ccccc1)CO[Si](c1ccccc1)(c1ccccc1)C(C)(C)C. The summed E-state index contributed by atoms with van der Waals surface area (Å²) in [6.45, 7) is 11.7. The van der Waals surface area contributed by atoms with Crippen molar-refractivity contribution in [2.75, 3.05) is 19.8 Å². The molecule has 0 amide bonds. The first-order valence-electron chi connectivity index (χ1n) is 19.5. The molecule has 4 heteroatoms. The van der Waals surface area contributed by atoms with Crippen LogP contribution in [0.4, 0.5) is 0 Å². The van der Waals surface area contributed by atoms with E-state index < -0.39 is 8.32 Å². The molecule has 3 rings (SSSR count). The molecule has 0 bridgehead atoms. The van der Waals surface area contributed by atoms with Crippen molar-refractivity contribution in [1.82, 2.24) is 0 Å². The lowest BCUT2D eigenvalue weighted by Gasteiger charge is -2.43. The zero-order valence-corrected chi connectivity index (χ0v) is 32.1. The normalized spacial score (nSPS) is 12.8. The van der Waals surface area contributed by atoms with E-state index in [0.29, 0.717) is 19.8 Å². The van der Waals surface area contributed by atoms with Gasteiger partial charge in [0.2, 0.25) is 0 Å². The largest absolute Gasteiger partial charge is 0.405 e. The predicted octanol–water partition coefficient (Wildman–Crippen LogP) is 11.4. The van der Waals surface area contributed by atoms with Gasteiger partial charge in [-0.15, -0.1) is 0 Å². The van der Waals surface area contributed by atoms with Crippen molar-refractivity contribution in [3.05, 3.63) is 96.6 Å². The van der Waals surface area contributed by atoms with Crippen LogP contribution in [0.25, 0.3) is 0 Å². The average molecular weight is 673 g/mol. The zero-order valence-electron chi connectivity index (χ0n) is 31.1. The Morgan fingerprint density at radius 2 is 0.938 bits per heavy atom. The first-order chi connectivity index (χ1) is 23.5. The van der Waals surface area contributed by atoms with Crippen LogP contribution in [-0.2, 0) is 20.5 Å². The van der Waals surface area contributed by atoms with Crippen molar-refractivity contribution in [2.45, 2.75) is 148 Å². The van der Waals surface area contributed by atoms with Crippen LogP contribution < -0.4 is 10.4 Å². The molecule has 0 aliphatic rings. The lowest BCUT2D eigenvalue weighted by Crippen LogP contribution is -2.67. The third-order valence-electron chi connectivity index (χ3n) is 9.67. The number of benzene rings is 3. The van der Waals surface area contributed by atoms with Gasteiger partial charge in [0.1, 0.15) is 6.10 Å². The second kappa shape index (κ2) is 24.0. The molecule has 48 heavy (non-hydrogen) atoms. The van der Waals surface area contributed by atoms with Crippen LogP contribution in [-0.4, -0.2) is 34.2 Å². The van der Waals surface area contributed by atoms with Crippen LogP contribution in [0, 0.1) is 0 Å². The Bertz CT molecular complexity index is 1120. The summed E-state index contributed by atoms with van der Waals surface area (Å²) in [5.41, 5.74) is 1.18. The molecule has 1 atom stereocenters. The van der Waals surface area contributed by atoms with E-state index in [-0.39, 0.29) is 11.1 Å². The van der Waals surface area contributed by atoms with Gasteiger partial charge in [0, 0.05) is 6.61 Å². The van der Waals surface area contributed by atoms with Crippen LogP contribution in [0.5, 0.6) is 0 Å². The molecule has 0 N–H and O–H groups in total. The monoisotopic (exact) mass is 672 g/mol. The fourth-order valence-corrected chi connectivity index (χ4v) is 11.5. The minimum atomic E-state index is -2.64. The van der Waals surface area contributed by atoms with Gasteiger partial charge in [-0.2, -0.15) is 0 Å². The molecule has 0 radical (unpaired) electrons. The van der Waals surface area contributed by atoms with Gasteiger partial charge >= 0.3 is 0 Å². The number of rotatable bonds is 27. The van der Waals surface area contributed by atoms with Crippen LogP contribution in [0.1, 0.15) is 136 Å². The predicted molar refractivity (Wildman–Crippen MR) is 209 cm³/mol. The highest BCUT2D eigenvalue weighted by Gasteiger charge is 2.50. The fourth-order valence-electron chi connectivity index (χ4n) is 6.91. The first kappa shape index (κ1) is 40.2. The molecule has 0 unspecified atom stereocenters. The summed E-state index contributed by atoms with van der Waals surface area (Å²) in [5.74, 6) is 0. The molecule has 0 aliphatic carbocycles. The molecule has 0 fully saturated rings. The van der Waals surface area contributed by atoms with Gasteiger partial charge in [-0.1, -0.05) is 215 Å². The standard InChI is InChI=1S/C44H68O3Si/c1-5-6-7-8-9-10-11-12-13-14-15-16-17-18-19-29-36-46-41(38-45-37-40-30-23-20-24-31-40)39-47-48(44(2,3)4,42-32-25-21-26-33-42)43-34-27-22-28-35-43/h20-28,30-35,41H,5-19,29,36-39H2,1-4H3/t41-/m1/s1. The van der Waals surface area contributed by atoms with Crippen molar-refractivity contribution >= 4 is 18.7 Å². The smallest absolute Gasteiger partial charge is 0.261 e. The van der Waals surface area contributed by atoms with Crippen molar-refractivity contribution in [3.63, 3.8) is 0 Å². The van der Waals surface area contributed by atoms with Gasteiger partial charge in [0.15, 0.2) is 0 Å². The van der Waals surface area contributed by atoms with Crippen molar-refractivity contribution in [2.24, 2.45) is 0 Å². The number of unbranched alkanes of at least 4 members (excludes halogenated alkanes) is 15. The Labute approximate surface area is 296 Å². The quantitative estimate of drug-likeness (QED) is 0.0596. The topological polar surface area (TPSA) is 27.7 Å². The van der Waals surface area contributed by atoms with Crippen molar-refractivity contribution in [1.29, 1.82) is 0 Å². The van der Waals surface area contributed by atoms with Gasteiger partial charge in [-0.05, 0) is 27.4 Å². The van der Waals surface area contributed by atoms with E-state index in [9.17, 15) is 0 Å². The lowest BCUT2D eigenvalue weighted by molar-refractivity contribution is -0.0441. The Balaban J connectivity index is 1.46.